The molecule has 3 N–H and O–H groups in total. The number of hydrogen-bond acceptors (Lipinski definition) is 8. The van der Waals surface area contributed by atoms with E-state index in [1.54, 1.807) is 24.4 Å². The summed E-state index contributed by atoms with van der Waals surface area (Å²) in [6, 6.07) is 27.7. The summed E-state index contributed by atoms with van der Waals surface area (Å²) in [4.78, 5) is 22.2. The number of hydrogen-bond donors (Lipinski definition) is 3. The SMILES string of the molecule is N#CC1C=NCCC(c2nc3ccccc3o2)/C1=N\Nc1c(O)c(C(=O)Nc2ccccc2)cc2ccccc12. The van der Waals surface area contributed by atoms with Crippen molar-refractivity contribution in [2.75, 3.05) is 17.3 Å². The van der Waals surface area contributed by atoms with Gasteiger partial charge in [0.15, 0.2) is 11.3 Å². The van der Waals surface area contributed by atoms with E-state index in [1.807, 2.05) is 66.7 Å². The van der Waals surface area contributed by atoms with Gasteiger partial charge in [-0.25, -0.2) is 4.98 Å². The van der Waals surface area contributed by atoms with Crippen LogP contribution in [0.1, 0.15) is 28.6 Å². The highest BCUT2D eigenvalue weighted by Gasteiger charge is 2.31. The molecule has 40 heavy (non-hydrogen) atoms. The number of anilines is 2. The van der Waals surface area contributed by atoms with Crippen LogP contribution in [-0.4, -0.2) is 34.5 Å². The van der Waals surface area contributed by atoms with Crippen molar-refractivity contribution in [2.24, 2.45) is 16.0 Å². The predicted octanol–water partition coefficient (Wildman–Crippen LogP) is 6.10. The van der Waals surface area contributed by atoms with Crippen LogP contribution in [-0.2, 0) is 0 Å². The van der Waals surface area contributed by atoms with Crippen molar-refractivity contribution in [2.45, 2.75) is 12.3 Å². The molecule has 0 aliphatic carbocycles. The Morgan fingerprint density at radius 3 is 2.65 bits per heavy atom. The fraction of sp³-hybridized carbons (Fsp3) is 0.129. The van der Waals surface area contributed by atoms with E-state index in [2.05, 4.69) is 31.9 Å². The lowest BCUT2D eigenvalue weighted by Crippen LogP contribution is -2.23. The summed E-state index contributed by atoms with van der Waals surface area (Å²) in [6.45, 7) is 0.476. The second-order valence-corrected chi connectivity index (χ2v) is 9.36. The van der Waals surface area contributed by atoms with E-state index in [0.717, 1.165) is 5.39 Å². The van der Waals surface area contributed by atoms with Crippen molar-refractivity contribution in [3.63, 3.8) is 0 Å². The molecule has 0 spiro atoms. The zero-order valence-electron chi connectivity index (χ0n) is 21.3. The Balaban J connectivity index is 1.42. The Kier molecular flexibility index (Phi) is 6.65. The van der Waals surface area contributed by atoms with Crippen molar-refractivity contribution in [3.8, 4) is 11.8 Å². The van der Waals surface area contributed by atoms with Crippen LogP contribution in [0.5, 0.6) is 5.75 Å². The van der Waals surface area contributed by atoms with Crippen LogP contribution in [0.25, 0.3) is 21.9 Å². The van der Waals surface area contributed by atoms with Crippen LogP contribution in [0, 0.1) is 17.2 Å². The van der Waals surface area contributed by atoms with Crippen molar-refractivity contribution in [1.29, 1.82) is 5.26 Å². The number of para-hydroxylation sites is 3. The van der Waals surface area contributed by atoms with Gasteiger partial charge in [0, 0.05) is 23.8 Å². The third kappa shape index (κ3) is 4.74. The quantitative estimate of drug-likeness (QED) is 0.186. The first-order valence-electron chi connectivity index (χ1n) is 12.8. The molecule has 0 saturated carbocycles. The van der Waals surface area contributed by atoms with Gasteiger partial charge in [0.1, 0.15) is 17.1 Å². The molecule has 0 radical (unpaired) electrons. The van der Waals surface area contributed by atoms with Gasteiger partial charge in [-0.2, -0.15) is 10.4 Å². The number of nitriles is 1. The number of aliphatic imine (C=N–C) groups is 1. The number of fused-ring (bicyclic) bond motifs is 2. The highest BCUT2D eigenvalue weighted by molar-refractivity contribution is 6.12. The third-order valence-electron chi connectivity index (χ3n) is 6.82. The number of aromatic nitrogens is 1. The van der Waals surface area contributed by atoms with Gasteiger partial charge in [-0.15, -0.1) is 0 Å². The Morgan fingerprint density at radius 2 is 1.82 bits per heavy atom. The van der Waals surface area contributed by atoms with E-state index in [-0.39, 0.29) is 17.0 Å². The maximum atomic E-state index is 13.2. The Bertz CT molecular complexity index is 1790. The highest BCUT2D eigenvalue weighted by Crippen LogP contribution is 2.37. The molecule has 9 heteroatoms. The molecule has 6 rings (SSSR count). The highest BCUT2D eigenvalue weighted by atomic mass is 16.3. The third-order valence-corrected chi connectivity index (χ3v) is 6.82. The number of amides is 1. The standard InChI is InChI=1S/C31H24N6O3/c32-17-20-18-33-15-14-23(31-35-25-12-6-7-13-26(25)40-31)27(20)36-37-28-22-11-5-4-8-19(22)16-24(29(28)38)30(39)34-21-9-2-1-3-10-21/h1-13,16,18,20,23,37-38H,14-15H2,(H,34,39)/b36-27-. The van der Waals surface area contributed by atoms with Gasteiger partial charge >= 0.3 is 0 Å². The molecule has 2 unspecified atom stereocenters. The van der Waals surface area contributed by atoms with Crippen LogP contribution in [0.15, 0.2) is 99.4 Å². The van der Waals surface area contributed by atoms with Gasteiger partial charge in [0.25, 0.3) is 5.91 Å². The second kappa shape index (κ2) is 10.7. The van der Waals surface area contributed by atoms with Gasteiger partial charge < -0.3 is 14.8 Å². The minimum atomic E-state index is -0.743. The number of benzene rings is 4. The molecular formula is C31H24N6O3. The summed E-state index contributed by atoms with van der Waals surface area (Å²) in [5.74, 6) is -1.45. The Morgan fingerprint density at radius 1 is 1.05 bits per heavy atom. The average Bonchev–Trinajstić information content (AvgIpc) is 3.31. The molecule has 4 aromatic carbocycles. The summed E-state index contributed by atoms with van der Waals surface area (Å²) in [5, 5.41) is 30.1. The lowest BCUT2D eigenvalue weighted by atomic mass is 9.91. The number of carbonyl (C=O) groups excluding carboxylic acids is 1. The number of carbonyl (C=O) groups is 1. The molecule has 2 heterocycles. The Labute approximate surface area is 229 Å². The topological polar surface area (TPSA) is 136 Å². The van der Waals surface area contributed by atoms with E-state index < -0.39 is 17.7 Å². The molecule has 1 amide bonds. The molecular weight excluding hydrogens is 504 g/mol. The average molecular weight is 529 g/mol. The first-order chi connectivity index (χ1) is 19.6. The largest absolute Gasteiger partial charge is 0.505 e. The molecule has 0 saturated heterocycles. The first-order valence-corrected chi connectivity index (χ1v) is 12.8. The van der Waals surface area contributed by atoms with Gasteiger partial charge in [0.2, 0.25) is 5.89 Å². The number of hydrazone groups is 1. The number of phenolic OH excluding ortho intramolecular Hbond substituents is 1. The van der Waals surface area contributed by atoms with Crippen molar-refractivity contribution >= 4 is 51.1 Å². The van der Waals surface area contributed by atoms with Gasteiger partial charge in [0.05, 0.1) is 23.3 Å². The van der Waals surface area contributed by atoms with E-state index in [1.165, 1.54) is 0 Å². The molecule has 1 aliphatic heterocycles. The zero-order chi connectivity index (χ0) is 27.5. The number of oxazole rings is 1. The predicted molar refractivity (Wildman–Crippen MR) is 155 cm³/mol. The number of nitrogens with one attached hydrogen (secondary N) is 2. The first kappa shape index (κ1) is 24.8. The summed E-state index contributed by atoms with van der Waals surface area (Å²) in [6.07, 6.45) is 2.11. The van der Waals surface area contributed by atoms with Gasteiger partial charge in [-0.3, -0.25) is 15.2 Å². The molecule has 9 nitrogen and oxygen atoms in total. The lowest BCUT2D eigenvalue weighted by Gasteiger charge is -2.17. The fourth-order valence-electron chi connectivity index (χ4n) is 4.82. The summed E-state index contributed by atoms with van der Waals surface area (Å²) >= 11 is 0. The van der Waals surface area contributed by atoms with Crippen LogP contribution >= 0.6 is 0 Å². The number of aromatic hydroxyl groups is 1. The van der Waals surface area contributed by atoms with Gasteiger partial charge in [-0.05, 0) is 42.1 Å². The smallest absolute Gasteiger partial charge is 0.259 e. The van der Waals surface area contributed by atoms with Crippen LogP contribution in [0.4, 0.5) is 11.4 Å². The minimum absolute atomic E-state index is 0.0833. The van der Waals surface area contributed by atoms with E-state index in [4.69, 9.17) is 4.42 Å². The lowest BCUT2D eigenvalue weighted by molar-refractivity contribution is 0.102. The second-order valence-electron chi connectivity index (χ2n) is 9.36. The van der Waals surface area contributed by atoms with E-state index >= 15 is 0 Å². The van der Waals surface area contributed by atoms with E-state index in [9.17, 15) is 15.2 Å². The maximum absolute atomic E-state index is 13.2. The van der Waals surface area contributed by atoms with Gasteiger partial charge in [-0.1, -0.05) is 54.6 Å². The van der Waals surface area contributed by atoms with Crippen LogP contribution in [0.3, 0.4) is 0 Å². The summed E-state index contributed by atoms with van der Waals surface area (Å²) in [5.41, 5.74) is 5.73. The van der Waals surface area contributed by atoms with Crippen LogP contribution in [0.2, 0.25) is 0 Å². The van der Waals surface area contributed by atoms with Crippen molar-refractivity contribution in [1.82, 2.24) is 4.98 Å². The molecule has 0 bridgehead atoms. The summed E-state index contributed by atoms with van der Waals surface area (Å²) in [7, 11) is 0. The molecule has 1 aromatic heterocycles. The molecule has 1 aliphatic rings. The van der Waals surface area contributed by atoms with Crippen molar-refractivity contribution < 1.29 is 14.3 Å². The number of nitrogens with zero attached hydrogens (tertiary/aromatic N) is 4. The zero-order valence-corrected chi connectivity index (χ0v) is 21.3. The van der Waals surface area contributed by atoms with Crippen LogP contribution < -0.4 is 10.7 Å². The Hall–Kier alpha value is -5.49. The molecule has 0 fully saturated rings. The molecule has 196 valence electrons. The number of phenols is 1. The monoisotopic (exact) mass is 528 g/mol. The maximum Gasteiger partial charge on any atom is 0.259 e. The summed E-state index contributed by atoms with van der Waals surface area (Å²) < 4.78 is 6.05. The number of rotatable bonds is 5. The molecule has 2 atom stereocenters. The molecule has 5 aromatic rings. The minimum Gasteiger partial charge on any atom is -0.505 e. The fourth-order valence-corrected chi connectivity index (χ4v) is 4.82. The van der Waals surface area contributed by atoms with E-state index in [0.29, 0.717) is 46.7 Å². The van der Waals surface area contributed by atoms with Crippen molar-refractivity contribution in [3.05, 3.63) is 96.4 Å². The normalized spacial score (nSPS) is 17.9.